The van der Waals surface area contributed by atoms with Crippen molar-refractivity contribution in [3.05, 3.63) is 28.7 Å². The Hall–Kier alpha value is -0.900. The number of thioether (sulfide) groups is 1. The molecule has 1 aliphatic heterocycles. The number of hydrogen-bond acceptors (Lipinski definition) is 3. The van der Waals surface area contributed by atoms with Gasteiger partial charge in [-0.2, -0.15) is 11.8 Å². The third kappa shape index (κ3) is 2.78. The summed E-state index contributed by atoms with van der Waals surface area (Å²) in [5, 5.41) is 3.38. The predicted octanol–water partition coefficient (Wildman–Crippen LogP) is 1.55. The molecule has 15 heavy (non-hydrogen) atoms. The van der Waals surface area contributed by atoms with E-state index >= 15 is 0 Å². The van der Waals surface area contributed by atoms with Gasteiger partial charge in [0.2, 0.25) is 5.56 Å². The molecule has 2 heterocycles. The zero-order valence-electron chi connectivity index (χ0n) is 8.90. The molecule has 82 valence electrons. The van der Waals surface area contributed by atoms with Gasteiger partial charge in [-0.05, 0) is 29.9 Å². The Morgan fingerprint density at radius 2 is 2.47 bits per heavy atom. The van der Waals surface area contributed by atoms with Crippen LogP contribution in [0.15, 0.2) is 23.1 Å². The first-order valence-electron chi connectivity index (χ1n) is 5.24. The summed E-state index contributed by atoms with van der Waals surface area (Å²) in [6.07, 6.45) is 3.16. The highest BCUT2D eigenvalue weighted by molar-refractivity contribution is 7.99. The van der Waals surface area contributed by atoms with Crippen LogP contribution in [0.4, 0.5) is 5.69 Å². The van der Waals surface area contributed by atoms with E-state index in [1.165, 1.54) is 17.9 Å². The van der Waals surface area contributed by atoms with Crippen LogP contribution in [0, 0.1) is 5.92 Å². The summed E-state index contributed by atoms with van der Waals surface area (Å²) < 4.78 is 1.60. The van der Waals surface area contributed by atoms with Gasteiger partial charge in [0.1, 0.15) is 0 Å². The van der Waals surface area contributed by atoms with Gasteiger partial charge in [-0.1, -0.05) is 0 Å². The van der Waals surface area contributed by atoms with Gasteiger partial charge in [0, 0.05) is 25.9 Å². The lowest BCUT2D eigenvalue weighted by Crippen LogP contribution is -2.18. The fourth-order valence-electron chi connectivity index (χ4n) is 1.70. The molecule has 1 atom stereocenters. The topological polar surface area (TPSA) is 34.0 Å². The minimum atomic E-state index is 0.0389. The molecule has 0 spiro atoms. The Bertz CT molecular complexity index is 382. The van der Waals surface area contributed by atoms with Gasteiger partial charge in [0.25, 0.3) is 0 Å². The van der Waals surface area contributed by atoms with Crippen LogP contribution < -0.4 is 10.9 Å². The lowest BCUT2D eigenvalue weighted by Gasteiger charge is -2.11. The molecule has 0 aromatic carbocycles. The maximum atomic E-state index is 11.2. The first kappa shape index (κ1) is 10.6. The molecule has 1 saturated heterocycles. The minimum absolute atomic E-state index is 0.0389. The van der Waals surface area contributed by atoms with E-state index in [0.717, 1.165) is 18.2 Å². The van der Waals surface area contributed by atoms with Gasteiger partial charge >= 0.3 is 0 Å². The average molecular weight is 224 g/mol. The van der Waals surface area contributed by atoms with Crippen molar-refractivity contribution >= 4 is 17.4 Å². The first-order chi connectivity index (χ1) is 7.25. The van der Waals surface area contributed by atoms with Crippen LogP contribution in [0.1, 0.15) is 6.42 Å². The van der Waals surface area contributed by atoms with E-state index in [0.29, 0.717) is 0 Å². The van der Waals surface area contributed by atoms with Gasteiger partial charge in [-0.25, -0.2) is 0 Å². The van der Waals surface area contributed by atoms with Crippen LogP contribution in [0.2, 0.25) is 0 Å². The molecule has 1 aromatic heterocycles. The van der Waals surface area contributed by atoms with Gasteiger partial charge in [0.05, 0.1) is 5.69 Å². The van der Waals surface area contributed by atoms with Gasteiger partial charge in [-0.3, -0.25) is 4.79 Å². The largest absolute Gasteiger partial charge is 0.384 e. The summed E-state index contributed by atoms with van der Waals surface area (Å²) in [5.41, 5.74) is 1.07. The molecule has 0 bridgehead atoms. The zero-order valence-corrected chi connectivity index (χ0v) is 9.72. The smallest absolute Gasteiger partial charge is 0.250 e. The number of aromatic nitrogens is 1. The lowest BCUT2D eigenvalue weighted by molar-refractivity contribution is 0.631. The van der Waals surface area contributed by atoms with Crippen molar-refractivity contribution in [1.82, 2.24) is 4.57 Å². The highest BCUT2D eigenvalue weighted by atomic mass is 32.2. The number of pyridine rings is 1. The molecule has 0 amide bonds. The van der Waals surface area contributed by atoms with E-state index in [-0.39, 0.29) is 5.56 Å². The fourth-order valence-corrected chi connectivity index (χ4v) is 2.99. The molecule has 1 unspecified atom stereocenters. The third-order valence-corrected chi connectivity index (χ3v) is 3.94. The molecular weight excluding hydrogens is 208 g/mol. The van der Waals surface area contributed by atoms with Crippen molar-refractivity contribution in [3.63, 3.8) is 0 Å². The Morgan fingerprint density at radius 3 is 3.13 bits per heavy atom. The van der Waals surface area contributed by atoms with E-state index < -0.39 is 0 Å². The Balaban J connectivity index is 1.92. The standard InChI is InChI=1S/C11H16N2OS/c1-13-7-10(2-3-11(13)14)12-6-9-4-5-15-8-9/h2-3,7,9,12H,4-6,8H2,1H3. The average Bonchev–Trinajstić information content (AvgIpc) is 2.73. The number of rotatable bonds is 3. The molecule has 1 fully saturated rings. The van der Waals surface area contributed by atoms with Gasteiger partial charge in [-0.15, -0.1) is 0 Å². The molecule has 0 aliphatic carbocycles. The van der Waals surface area contributed by atoms with Crippen molar-refractivity contribution in [2.45, 2.75) is 6.42 Å². The number of nitrogens with one attached hydrogen (secondary N) is 1. The van der Waals surface area contributed by atoms with Gasteiger partial charge < -0.3 is 9.88 Å². The fraction of sp³-hybridized carbons (Fsp3) is 0.545. The second kappa shape index (κ2) is 4.75. The summed E-state index contributed by atoms with van der Waals surface area (Å²) in [4.78, 5) is 11.2. The van der Waals surface area contributed by atoms with Crippen LogP contribution in [0.25, 0.3) is 0 Å². The van der Waals surface area contributed by atoms with Crippen LogP contribution in [-0.4, -0.2) is 22.6 Å². The number of aryl methyl sites for hydroxylation is 1. The number of anilines is 1. The summed E-state index contributed by atoms with van der Waals surface area (Å²) in [6.45, 7) is 1.02. The summed E-state index contributed by atoms with van der Waals surface area (Å²) in [7, 11) is 1.78. The van der Waals surface area contributed by atoms with E-state index in [1.807, 2.05) is 24.0 Å². The molecule has 0 saturated carbocycles. The van der Waals surface area contributed by atoms with Crippen LogP contribution >= 0.6 is 11.8 Å². The Kier molecular flexibility index (Phi) is 3.36. The second-order valence-electron chi connectivity index (χ2n) is 3.98. The quantitative estimate of drug-likeness (QED) is 0.846. The van der Waals surface area contributed by atoms with E-state index in [4.69, 9.17) is 0 Å². The van der Waals surface area contributed by atoms with Crippen molar-refractivity contribution in [2.24, 2.45) is 13.0 Å². The van der Waals surface area contributed by atoms with Crippen LogP contribution in [-0.2, 0) is 7.05 Å². The maximum Gasteiger partial charge on any atom is 0.250 e. The van der Waals surface area contributed by atoms with E-state index in [1.54, 1.807) is 17.7 Å². The third-order valence-electron chi connectivity index (χ3n) is 2.70. The number of nitrogens with zero attached hydrogens (tertiary/aromatic N) is 1. The van der Waals surface area contributed by atoms with Crippen molar-refractivity contribution in [1.29, 1.82) is 0 Å². The molecule has 3 nitrogen and oxygen atoms in total. The van der Waals surface area contributed by atoms with Crippen molar-refractivity contribution in [3.8, 4) is 0 Å². The van der Waals surface area contributed by atoms with Crippen molar-refractivity contribution in [2.75, 3.05) is 23.4 Å². The highest BCUT2D eigenvalue weighted by Gasteiger charge is 2.14. The summed E-state index contributed by atoms with van der Waals surface area (Å²) in [6, 6.07) is 3.45. The molecule has 0 radical (unpaired) electrons. The predicted molar refractivity (Wildman–Crippen MR) is 65.6 cm³/mol. The Labute approximate surface area is 93.9 Å². The lowest BCUT2D eigenvalue weighted by atomic mass is 10.1. The normalized spacial score (nSPS) is 20.5. The molecular formula is C11H16N2OS. The van der Waals surface area contributed by atoms with Crippen molar-refractivity contribution < 1.29 is 0 Å². The zero-order chi connectivity index (χ0) is 10.7. The highest BCUT2D eigenvalue weighted by Crippen LogP contribution is 2.23. The monoisotopic (exact) mass is 224 g/mol. The van der Waals surface area contributed by atoms with Gasteiger partial charge in [0.15, 0.2) is 0 Å². The molecule has 1 aliphatic rings. The minimum Gasteiger partial charge on any atom is -0.384 e. The first-order valence-corrected chi connectivity index (χ1v) is 6.39. The SMILES string of the molecule is Cn1cc(NCC2CCSC2)ccc1=O. The summed E-state index contributed by atoms with van der Waals surface area (Å²) >= 11 is 2.03. The second-order valence-corrected chi connectivity index (χ2v) is 5.13. The van der Waals surface area contributed by atoms with Crippen LogP contribution in [0.5, 0.6) is 0 Å². The molecule has 4 heteroatoms. The molecule has 1 aromatic rings. The van der Waals surface area contributed by atoms with E-state index in [9.17, 15) is 4.79 Å². The summed E-state index contributed by atoms with van der Waals surface area (Å²) in [5.74, 6) is 3.34. The van der Waals surface area contributed by atoms with E-state index in [2.05, 4.69) is 5.32 Å². The Morgan fingerprint density at radius 1 is 1.60 bits per heavy atom. The molecule has 1 N–H and O–H groups in total. The maximum absolute atomic E-state index is 11.2. The van der Waals surface area contributed by atoms with Crippen LogP contribution in [0.3, 0.4) is 0 Å². The molecule has 2 rings (SSSR count). The number of hydrogen-bond donors (Lipinski definition) is 1.